The third kappa shape index (κ3) is 6.71. The molecule has 1 aliphatic rings. The third-order valence-corrected chi connectivity index (χ3v) is 3.16. The molecule has 11 N–H and O–H groups in total. The zero-order valence-corrected chi connectivity index (χ0v) is 17.2. The van der Waals surface area contributed by atoms with Crippen molar-refractivity contribution in [2.24, 2.45) is 5.34 Å². The first-order valence-electron chi connectivity index (χ1n) is 6.04. The number of nitrogens with one attached hydrogen (secondary N) is 1. The van der Waals surface area contributed by atoms with Gasteiger partial charge in [0.25, 0.3) is 5.56 Å². The number of H-pyrrole nitrogens is 1. The number of aliphatic hydroxyl groups excluding tert-OH is 3. The average molecular weight is 615 g/mol. The van der Waals surface area contributed by atoms with Crippen LogP contribution in [0.4, 0.5) is 0 Å². The molecular formula is C10H19Cl2N7O7Pt+2. The van der Waals surface area contributed by atoms with Crippen molar-refractivity contribution in [1.29, 1.82) is 0 Å². The van der Waals surface area contributed by atoms with Gasteiger partial charge in [-0.05, 0) is 0 Å². The van der Waals surface area contributed by atoms with Crippen LogP contribution in [0.2, 0.25) is 0 Å². The van der Waals surface area contributed by atoms with Crippen LogP contribution in [0.1, 0.15) is 6.23 Å². The van der Waals surface area contributed by atoms with Crippen molar-refractivity contribution in [3.63, 3.8) is 0 Å². The van der Waals surface area contributed by atoms with Gasteiger partial charge in [0, 0.05) is 0 Å². The second kappa shape index (κ2) is 14.8. The van der Waals surface area contributed by atoms with Gasteiger partial charge in [-0.1, -0.05) is 0 Å². The van der Waals surface area contributed by atoms with Crippen molar-refractivity contribution in [1.82, 2.24) is 31.8 Å². The van der Waals surface area contributed by atoms with Crippen LogP contribution in [0.3, 0.4) is 0 Å². The maximum Gasteiger partial charge on any atom is 4.00 e. The van der Waals surface area contributed by atoms with Crippen molar-refractivity contribution < 1.29 is 71.1 Å². The first-order chi connectivity index (χ1) is 10.5. The summed E-state index contributed by atoms with van der Waals surface area (Å²) in [5.74, 6) is 0. The molecule has 0 aromatic carbocycles. The Labute approximate surface area is 178 Å². The molecule has 1 saturated heterocycles. The fourth-order valence-electron chi connectivity index (χ4n) is 2.16. The first kappa shape index (κ1) is 33.4. The van der Waals surface area contributed by atoms with E-state index < -0.39 is 36.7 Å². The molecule has 3 rings (SSSR count). The average Bonchev–Trinajstić information content (AvgIpc) is 3.04. The monoisotopic (exact) mass is 614 g/mol. The summed E-state index contributed by atoms with van der Waals surface area (Å²) >= 11 is 0. The van der Waals surface area contributed by atoms with E-state index in [1.54, 1.807) is 0 Å². The van der Waals surface area contributed by atoms with Gasteiger partial charge < -0.3 is 67.4 Å². The Balaban J connectivity index is -0.000000311. The summed E-state index contributed by atoms with van der Waals surface area (Å²) in [6, 6.07) is 0. The SMILES string of the molecule is N.N.O=NO.O=c1[nH]cnc2c1ncn2[C@@H]1O[C@H](CO)[C@@H](O)[C@H]1O.[Cl-].[Cl-].[Pt+4]. The van der Waals surface area contributed by atoms with E-state index >= 15 is 0 Å². The Morgan fingerprint density at radius 3 is 2.26 bits per heavy atom. The van der Waals surface area contributed by atoms with E-state index in [0.717, 1.165) is 0 Å². The van der Waals surface area contributed by atoms with E-state index in [1.165, 1.54) is 22.6 Å². The number of imidazole rings is 1. The minimum absolute atomic E-state index is 0. The molecule has 14 nitrogen and oxygen atoms in total. The quantitative estimate of drug-likeness (QED) is 0.123. The van der Waals surface area contributed by atoms with E-state index in [1.807, 2.05) is 0 Å². The van der Waals surface area contributed by atoms with Crippen molar-refractivity contribution >= 4 is 11.2 Å². The van der Waals surface area contributed by atoms with Crippen LogP contribution in [0.15, 0.2) is 22.8 Å². The molecule has 1 aliphatic heterocycles. The minimum Gasteiger partial charge on any atom is -1.00 e. The zero-order valence-electron chi connectivity index (χ0n) is 13.5. The number of rotatable bonds is 2. The summed E-state index contributed by atoms with van der Waals surface area (Å²) in [6.45, 7) is -0.421. The maximum absolute atomic E-state index is 11.5. The van der Waals surface area contributed by atoms with Crippen LogP contribution in [0.5, 0.6) is 0 Å². The number of hydrogen-bond acceptors (Lipinski definition) is 11. The molecule has 4 atom stereocenters. The van der Waals surface area contributed by atoms with Crippen LogP contribution < -0.4 is 42.7 Å². The van der Waals surface area contributed by atoms with E-state index in [-0.39, 0.29) is 69.3 Å². The topological polar surface area (TPSA) is 253 Å². The molecule has 1 fully saturated rings. The smallest absolute Gasteiger partial charge is 1.00 e. The van der Waals surface area contributed by atoms with Crippen LogP contribution in [0.25, 0.3) is 11.2 Å². The molecule has 158 valence electrons. The van der Waals surface area contributed by atoms with Crippen molar-refractivity contribution in [3.8, 4) is 0 Å². The predicted octanol–water partition coefficient (Wildman–Crippen LogP) is -7.80. The molecule has 0 radical (unpaired) electrons. The molecular weight excluding hydrogens is 596 g/mol. The van der Waals surface area contributed by atoms with Gasteiger partial charge in [0.05, 0.1) is 19.3 Å². The van der Waals surface area contributed by atoms with Gasteiger partial charge in [0.15, 0.2) is 22.7 Å². The standard InChI is InChI=1S/C10H12N4O5.2ClH.HNO2.2H3N.Pt/c15-1-4-6(16)7(17)10(19-4)14-3-13-5-8(14)11-2-12-9(5)18;;;2-1-3;;;/h2-4,6-7,10,15-17H,1H2,(H,11,12,18);2*1H;(H,2,3);2*1H3;/q;;;;;;+4/p-2/t4-,6-,7-,10-;;;;;;/m1....../s1. The predicted molar refractivity (Wildman–Crippen MR) is 78.8 cm³/mol. The number of ether oxygens (including phenoxy) is 1. The van der Waals surface area contributed by atoms with Gasteiger partial charge in [-0.15, -0.1) is 4.91 Å². The summed E-state index contributed by atoms with van der Waals surface area (Å²) in [7, 11) is 0. The van der Waals surface area contributed by atoms with Crippen LogP contribution in [-0.2, 0) is 25.8 Å². The number of aromatic amines is 1. The van der Waals surface area contributed by atoms with Gasteiger partial charge in [0.1, 0.15) is 18.3 Å². The van der Waals surface area contributed by atoms with E-state index in [9.17, 15) is 15.0 Å². The van der Waals surface area contributed by atoms with Crippen LogP contribution in [0, 0.1) is 4.91 Å². The summed E-state index contributed by atoms with van der Waals surface area (Å²) in [6.07, 6.45) is -1.78. The van der Waals surface area contributed by atoms with Gasteiger partial charge in [-0.25, -0.2) is 9.97 Å². The van der Waals surface area contributed by atoms with Gasteiger partial charge >= 0.3 is 21.1 Å². The fourth-order valence-corrected chi connectivity index (χ4v) is 2.16. The fraction of sp³-hybridized carbons (Fsp3) is 0.500. The Morgan fingerprint density at radius 1 is 1.22 bits per heavy atom. The zero-order chi connectivity index (χ0) is 16.3. The summed E-state index contributed by atoms with van der Waals surface area (Å²) in [4.78, 5) is 29.9. The maximum atomic E-state index is 11.5. The Morgan fingerprint density at radius 2 is 1.78 bits per heavy atom. The first-order valence-corrected chi connectivity index (χ1v) is 6.04. The van der Waals surface area contributed by atoms with E-state index in [0.29, 0.717) is 0 Å². The molecule has 3 heterocycles. The van der Waals surface area contributed by atoms with E-state index in [4.69, 9.17) is 20.0 Å². The number of fused-ring (bicyclic) bond motifs is 1. The minimum atomic E-state index is -1.24. The van der Waals surface area contributed by atoms with Crippen molar-refractivity contribution in [3.05, 3.63) is 27.9 Å². The molecule has 2 aromatic heterocycles. The second-order valence-corrected chi connectivity index (χ2v) is 4.37. The largest absolute Gasteiger partial charge is 4.00 e. The molecule has 27 heavy (non-hydrogen) atoms. The molecule has 0 amide bonds. The second-order valence-electron chi connectivity index (χ2n) is 4.37. The third-order valence-electron chi connectivity index (χ3n) is 3.16. The molecule has 0 bridgehead atoms. The van der Waals surface area contributed by atoms with Gasteiger partial charge in [-0.3, -0.25) is 9.36 Å². The van der Waals surface area contributed by atoms with Crippen LogP contribution >= 0.6 is 0 Å². The number of aliphatic hydroxyl groups is 3. The molecule has 0 spiro atoms. The molecule has 0 saturated carbocycles. The normalized spacial score (nSPS) is 22.3. The van der Waals surface area contributed by atoms with Crippen LogP contribution in [-0.4, -0.2) is 65.0 Å². The summed E-state index contributed by atoms with van der Waals surface area (Å²) < 4.78 is 6.70. The molecule has 2 aromatic rings. The molecule has 0 unspecified atom stereocenters. The number of aromatic nitrogens is 4. The number of hydrogen-bond donors (Lipinski definition) is 7. The van der Waals surface area contributed by atoms with Crippen molar-refractivity contribution in [2.75, 3.05) is 6.61 Å². The molecule has 17 heteroatoms. The molecule has 0 aliphatic carbocycles. The van der Waals surface area contributed by atoms with Gasteiger partial charge in [0.2, 0.25) is 0 Å². The summed E-state index contributed by atoms with van der Waals surface area (Å²) in [5, 5.41) is 36.5. The Kier molecular flexibility index (Phi) is 18.3. The van der Waals surface area contributed by atoms with Crippen molar-refractivity contribution in [2.45, 2.75) is 24.5 Å². The summed E-state index contributed by atoms with van der Waals surface area (Å²) in [5.41, 5.74) is -0.0608. The number of halogens is 2. The van der Waals surface area contributed by atoms with E-state index in [2.05, 4.69) is 15.0 Å². The Hall–Kier alpha value is -1.22. The number of nitrogens with zero attached hydrogens (tertiary/aromatic N) is 4. The Bertz CT molecular complexity index is 721. The van der Waals surface area contributed by atoms with Gasteiger partial charge in [-0.2, -0.15) is 0 Å².